The third kappa shape index (κ3) is 6.74. The van der Waals surface area contributed by atoms with Crippen LogP contribution in [0.5, 0.6) is 0 Å². The molecule has 0 radical (unpaired) electrons. The fourth-order valence-corrected chi connectivity index (χ4v) is 10.1. The van der Waals surface area contributed by atoms with E-state index in [-0.39, 0.29) is 0 Å². The van der Waals surface area contributed by atoms with Crippen molar-refractivity contribution in [2.24, 2.45) is 0 Å². The summed E-state index contributed by atoms with van der Waals surface area (Å²) < 4.78 is 19.7. The Kier molecular flexibility index (Phi) is 9.56. The molecule has 2 unspecified atom stereocenters. The van der Waals surface area contributed by atoms with E-state index in [9.17, 15) is 2.74 Å². The van der Waals surface area contributed by atoms with Gasteiger partial charge in [-0.15, -0.1) is 0 Å². The van der Waals surface area contributed by atoms with Gasteiger partial charge in [0.15, 0.2) is 0 Å². The van der Waals surface area contributed by atoms with Gasteiger partial charge in [0, 0.05) is 12.7 Å². The molecule has 0 fully saturated rings. The predicted octanol–water partition coefficient (Wildman–Crippen LogP) is 16.2. The lowest BCUT2D eigenvalue weighted by Gasteiger charge is -2.36. The van der Waals surface area contributed by atoms with Crippen LogP contribution in [0.3, 0.4) is 0 Å². The molecule has 9 aromatic carbocycles. The van der Waals surface area contributed by atoms with Gasteiger partial charge in [0.05, 0.1) is 12.8 Å². The third-order valence-corrected chi connectivity index (χ3v) is 13.0. The van der Waals surface area contributed by atoms with Crippen LogP contribution in [0, 0.1) is 0 Å². The van der Waals surface area contributed by atoms with E-state index < -0.39 is 17.9 Å². The van der Waals surface area contributed by atoms with Gasteiger partial charge in [-0.05, 0) is 119 Å². The van der Waals surface area contributed by atoms with E-state index in [1.54, 1.807) is 6.08 Å². The topological polar surface area (TPSA) is 3.24 Å². The second kappa shape index (κ2) is 16.7. The highest BCUT2D eigenvalue weighted by atomic mass is 15.2. The summed E-state index contributed by atoms with van der Waals surface area (Å²) in [6.45, 7) is 4.06. The van der Waals surface area contributed by atoms with Crippen LogP contribution in [0.2, 0.25) is 0 Å². The van der Waals surface area contributed by atoms with Crippen LogP contribution >= 0.6 is 0 Å². The molecule has 0 heterocycles. The van der Waals surface area contributed by atoms with Crippen LogP contribution in [0.4, 0.5) is 11.4 Å². The molecule has 1 nitrogen and oxygen atoms in total. The van der Waals surface area contributed by atoms with Gasteiger partial charge in [-0.1, -0.05) is 231 Å². The summed E-state index contributed by atoms with van der Waals surface area (Å²) in [5.41, 5.74) is 13.5. The second-order valence-corrected chi connectivity index (χ2v) is 16.5. The summed E-state index contributed by atoms with van der Waals surface area (Å²) in [7, 11) is 0. The van der Waals surface area contributed by atoms with Crippen molar-refractivity contribution in [3.05, 3.63) is 294 Å². The molecule has 0 aliphatic heterocycles. The zero-order valence-corrected chi connectivity index (χ0v) is 35.5. The van der Waals surface area contributed by atoms with Crippen LogP contribution < -0.4 is 4.90 Å². The first kappa shape index (κ1) is 36.6. The molecule has 2 aliphatic carbocycles. The highest BCUT2D eigenvalue weighted by Gasteiger charge is 2.46. The van der Waals surface area contributed by atoms with E-state index in [1.807, 2.05) is 24.3 Å². The van der Waals surface area contributed by atoms with Crippen LogP contribution in [0.25, 0.3) is 49.9 Å². The molecule has 0 amide bonds. The van der Waals surface area contributed by atoms with Crippen LogP contribution in [0.1, 0.15) is 37.0 Å². The van der Waals surface area contributed by atoms with E-state index in [1.165, 1.54) is 49.5 Å². The van der Waals surface area contributed by atoms with Crippen LogP contribution in [-0.2, 0) is 5.41 Å². The fourth-order valence-electron chi connectivity index (χ4n) is 10.1. The van der Waals surface area contributed by atoms with Gasteiger partial charge in [0.25, 0.3) is 0 Å². The Hall–Kier alpha value is -8.00. The Morgan fingerprint density at radius 3 is 1.91 bits per heavy atom. The summed E-state index contributed by atoms with van der Waals surface area (Å²) in [5.74, 6) is 0. The Labute approximate surface area is 379 Å². The molecule has 1 heteroatoms. The molecule has 304 valence electrons. The molecule has 9 aromatic rings. The molecule has 2 atom stereocenters. The van der Waals surface area contributed by atoms with Gasteiger partial charge in [-0.25, -0.2) is 0 Å². The van der Waals surface area contributed by atoms with Crippen molar-refractivity contribution in [2.75, 3.05) is 4.90 Å². The number of fused-ring (bicyclic) bond motifs is 6. The first-order valence-corrected chi connectivity index (χ1v) is 22.1. The predicted molar refractivity (Wildman–Crippen MR) is 272 cm³/mol. The van der Waals surface area contributed by atoms with E-state index in [2.05, 4.69) is 230 Å². The molecule has 64 heavy (non-hydrogen) atoms. The quantitative estimate of drug-likeness (QED) is 0.0981. The normalized spacial score (nSPS) is 17.0. The molecule has 0 N–H and O–H groups in total. The van der Waals surface area contributed by atoms with E-state index >= 15 is 0 Å². The summed E-state index contributed by atoms with van der Waals surface area (Å²) in [6.07, 6.45) is 11.1. The van der Waals surface area contributed by atoms with Gasteiger partial charge >= 0.3 is 0 Å². The van der Waals surface area contributed by atoms with E-state index in [4.69, 9.17) is 0 Å². The number of allylic oxidation sites excluding steroid dienone is 6. The Bertz CT molecular complexity index is 3360. The Morgan fingerprint density at radius 1 is 0.578 bits per heavy atom. The molecule has 0 saturated carbocycles. The van der Waals surface area contributed by atoms with Crippen molar-refractivity contribution in [3.63, 3.8) is 0 Å². The van der Waals surface area contributed by atoms with Crippen LogP contribution in [0.15, 0.2) is 266 Å². The van der Waals surface area contributed by atoms with Crippen LogP contribution in [-0.4, -0.2) is 6.04 Å². The Balaban J connectivity index is 1.04. The number of benzene rings is 9. The van der Waals surface area contributed by atoms with Crippen molar-refractivity contribution in [3.8, 4) is 22.3 Å². The van der Waals surface area contributed by atoms with Crippen molar-refractivity contribution >= 4 is 39.0 Å². The number of hydrogen-bond acceptors (Lipinski definition) is 1. The van der Waals surface area contributed by atoms with E-state index in [0.29, 0.717) is 11.6 Å². The standard InChI is InChI=1S/C63H47N/c1-2-18-45(31-32-50-43-49-21-12-13-26-56(49)58-28-15-14-27-57(50)58)47-33-37-53(38-34-47)64(54-39-35-48(36-40-54)46-19-6-3-7-20-46)55-41-42-60-59-29-16-17-30-61(59)63(62(60)44-55,51-22-8-4-9-23-51)52-24-10-5-11-25-52/h2-37,39-44,53H,1,38H2/b32-31+,45-18+/i33D,38D. The maximum Gasteiger partial charge on any atom is 0.0714 e. The lowest BCUT2D eigenvalue weighted by molar-refractivity contribution is 0.759. The van der Waals surface area contributed by atoms with Gasteiger partial charge < -0.3 is 4.90 Å². The molecule has 11 rings (SSSR count). The average Bonchev–Trinajstić information content (AvgIpc) is 3.67. The third-order valence-electron chi connectivity index (χ3n) is 13.0. The van der Waals surface area contributed by atoms with Crippen molar-refractivity contribution < 1.29 is 2.74 Å². The molecular formula is C63H47N. The number of anilines is 2. The SMILES string of the molecule is [2H]C1=CC(N(c2ccc(-c3ccccc3)cc2)c2ccc3c(c2)C(c2ccccc2)(c2ccccc2)c2ccccc2-3)C([2H])C=C1C(/C=C/c1cc2ccccc2c2ccccc12)=C/C=C. The summed E-state index contributed by atoms with van der Waals surface area (Å²) in [4.78, 5) is 2.27. The minimum Gasteiger partial charge on any atom is -0.334 e. The first-order chi connectivity index (χ1) is 32.5. The Morgan fingerprint density at radius 2 is 1.17 bits per heavy atom. The molecule has 0 spiro atoms. The van der Waals surface area contributed by atoms with Crippen molar-refractivity contribution in [2.45, 2.75) is 17.9 Å². The van der Waals surface area contributed by atoms with Gasteiger partial charge in [-0.2, -0.15) is 0 Å². The highest BCUT2D eigenvalue weighted by Crippen LogP contribution is 2.57. The zero-order chi connectivity index (χ0) is 44.6. The number of hydrogen-bond donors (Lipinski definition) is 0. The monoisotopic (exact) mass is 819 g/mol. The largest absolute Gasteiger partial charge is 0.334 e. The van der Waals surface area contributed by atoms with Gasteiger partial charge in [-0.3, -0.25) is 0 Å². The van der Waals surface area contributed by atoms with Gasteiger partial charge in [0.2, 0.25) is 0 Å². The summed E-state index contributed by atoms with van der Waals surface area (Å²) in [5, 5.41) is 4.76. The number of rotatable bonds is 10. The smallest absolute Gasteiger partial charge is 0.0714 e. The lowest BCUT2D eigenvalue weighted by Crippen LogP contribution is -2.31. The lowest BCUT2D eigenvalue weighted by atomic mass is 9.67. The second-order valence-electron chi connectivity index (χ2n) is 16.5. The zero-order valence-electron chi connectivity index (χ0n) is 37.5. The molecule has 0 bridgehead atoms. The minimum atomic E-state index is -0.718. The summed E-state index contributed by atoms with van der Waals surface area (Å²) in [6, 6.07) is 75.5. The van der Waals surface area contributed by atoms with Crippen molar-refractivity contribution in [1.82, 2.24) is 0 Å². The maximum atomic E-state index is 9.96. The maximum absolute atomic E-state index is 9.96. The first-order valence-electron chi connectivity index (χ1n) is 23.2. The fraction of sp³-hybridized carbons (Fsp3) is 0.0476. The number of nitrogens with zero attached hydrogens (tertiary/aromatic N) is 1. The molecule has 2 aliphatic rings. The van der Waals surface area contributed by atoms with Gasteiger partial charge in [0.1, 0.15) is 0 Å². The molecular weight excluding hydrogens is 771 g/mol. The highest BCUT2D eigenvalue weighted by molar-refractivity contribution is 6.10. The molecule has 0 saturated heterocycles. The summed E-state index contributed by atoms with van der Waals surface area (Å²) >= 11 is 0. The molecule has 0 aromatic heterocycles. The minimum absolute atomic E-state index is 0.368. The van der Waals surface area contributed by atoms with E-state index in [0.717, 1.165) is 39.0 Å². The average molecular weight is 820 g/mol. The van der Waals surface area contributed by atoms with Crippen molar-refractivity contribution in [1.29, 1.82) is 0 Å².